The molecule has 4 rings (SSSR count). The lowest BCUT2D eigenvalue weighted by Crippen LogP contribution is -2.49. The first kappa shape index (κ1) is 18.5. The van der Waals surface area contributed by atoms with Gasteiger partial charge in [0.15, 0.2) is 0 Å². The van der Waals surface area contributed by atoms with Crippen molar-refractivity contribution in [1.29, 1.82) is 0 Å². The fraction of sp³-hybridized carbons (Fsp3) is 0.391. The van der Waals surface area contributed by atoms with Crippen LogP contribution in [0.2, 0.25) is 0 Å². The molecule has 0 radical (unpaired) electrons. The first-order valence-corrected chi connectivity index (χ1v) is 10.00. The maximum atomic E-state index is 12.8. The molecule has 1 aliphatic heterocycles. The lowest BCUT2D eigenvalue weighted by atomic mass is 10.1. The van der Waals surface area contributed by atoms with E-state index >= 15 is 0 Å². The van der Waals surface area contributed by atoms with E-state index in [1.165, 1.54) is 11.3 Å². The van der Waals surface area contributed by atoms with Gasteiger partial charge in [-0.2, -0.15) is 0 Å². The number of piperazine rings is 1. The molecule has 146 valence electrons. The third kappa shape index (κ3) is 3.88. The number of amides is 2. The van der Waals surface area contributed by atoms with E-state index in [-0.39, 0.29) is 23.7 Å². The predicted octanol–water partition coefficient (Wildman–Crippen LogP) is 3.23. The summed E-state index contributed by atoms with van der Waals surface area (Å²) < 4.78 is 0. The number of para-hydroxylation sites is 1. The van der Waals surface area contributed by atoms with Crippen molar-refractivity contribution in [3.63, 3.8) is 0 Å². The van der Waals surface area contributed by atoms with Gasteiger partial charge < -0.3 is 15.1 Å². The highest BCUT2D eigenvalue weighted by Crippen LogP contribution is 2.41. The first-order chi connectivity index (χ1) is 13.5. The van der Waals surface area contributed by atoms with Crippen molar-refractivity contribution >= 4 is 23.2 Å². The van der Waals surface area contributed by atoms with E-state index in [4.69, 9.17) is 0 Å². The molecule has 5 heteroatoms. The molecule has 0 bridgehead atoms. The highest BCUT2D eigenvalue weighted by molar-refractivity contribution is 6.00. The fourth-order valence-corrected chi connectivity index (χ4v) is 3.94. The SMILES string of the molecule is Cc1cccc(N2CCN(C(=O)C3CC3C(=O)Nc3ccccc3C)CC2)c1. The summed E-state index contributed by atoms with van der Waals surface area (Å²) in [7, 11) is 0. The second-order valence-electron chi connectivity index (χ2n) is 7.90. The number of aryl methyl sites for hydroxylation is 2. The van der Waals surface area contributed by atoms with Crippen LogP contribution >= 0.6 is 0 Å². The molecular weight excluding hydrogens is 350 g/mol. The Morgan fingerprint density at radius 3 is 2.39 bits per heavy atom. The Bertz CT molecular complexity index is 887. The normalized spacial score (nSPS) is 21.4. The number of benzene rings is 2. The maximum Gasteiger partial charge on any atom is 0.228 e. The summed E-state index contributed by atoms with van der Waals surface area (Å²) in [4.78, 5) is 29.6. The number of anilines is 2. The summed E-state index contributed by atoms with van der Waals surface area (Å²) in [5.41, 5.74) is 4.33. The molecule has 1 saturated heterocycles. The third-order valence-corrected chi connectivity index (χ3v) is 5.81. The molecule has 2 aromatic rings. The van der Waals surface area contributed by atoms with Crippen molar-refractivity contribution in [2.24, 2.45) is 11.8 Å². The number of carbonyl (C=O) groups is 2. The van der Waals surface area contributed by atoms with Gasteiger partial charge in [0.1, 0.15) is 0 Å². The van der Waals surface area contributed by atoms with Crippen LogP contribution < -0.4 is 10.2 Å². The van der Waals surface area contributed by atoms with Crippen LogP contribution in [0.15, 0.2) is 48.5 Å². The van der Waals surface area contributed by atoms with E-state index in [0.29, 0.717) is 6.42 Å². The molecule has 1 aliphatic carbocycles. The minimum atomic E-state index is -0.193. The van der Waals surface area contributed by atoms with Gasteiger partial charge in [0, 0.05) is 37.6 Å². The largest absolute Gasteiger partial charge is 0.368 e. The minimum absolute atomic E-state index is 0.0361. The zero-order valence-corrected chi connectivity index (χ0v) is 16.5. The van der Waals surface area contributed by atoms with Crippen molar-refractivity contribution in [1.82, 2.24) is 4.90 Å². The van der Waals surface area contributed by atoms with E-state index in [2.05, 4.69) is 41.4 Å². The fourth-order valence-electron chi connectivity index (χ4n) is 3.94. The van der Waals surface area contributed by atoms with Crippen LogP contribution in [-0.2, 0) is 9.59 Å². The van der Waals surface area contributed by atoms with Crippen molar-refractivity contribution in [3.8, 4) is 0 Å². The molecule has 2 aromatic carbocycles. The number of hydrogen-bond donors (Lipinski definition) is 1. The second-order valence-corrected chi connectivity index (χ2v) is 7.90. The summed E-state index contributed by atoms with van der Waals surface area (Å²) in [5.74, 6) is -0.253. The number of rotatable bonds is 4. The van der Waals surface area contributed by atoms with Crippen molar-refractivity contribution < 1.29 is 9.59 Å². The van der Waals surface area contributed by atoms with Gasteiger partial charge >= 0.3 is 0 Å². The predicted molar refractivity (Wildman–Crippen MR) is 111 cm³/mol. The van der Waals surface area contributed by atoms with Gasteiger partial charge in [-0.1, -0.05) is 30.3 Å². The summed E-state index contributed by atoms with van der Waals surface area (Å²) in [5, 5.41) is 2.98. The van der Waals surface area contributed by atoms with Crippen molar-refractivity contribution in [3.05, 3.63) is 59.7 Å². The molecule has 5 nitrogen and oxygen atoms in total. The van der Waals surface area contributed by atoms with Crippen molar-refractivity contribution in [2.45, 2.75) is 20.3 Å². The number of hydrogen-bond acceptors (Lipinski definition) is 3. The Morgan fingerprint density at radius 2 is 1.68 bits per heavy atom. The lowest BCUT2D eigenvalue weighted by molar-refractivity contribution is -0.134. The summed E-state index contributed by atoms with van der Waals surface area (Å²) >= 11 is 0. The first-order valence-electron chi connectivity index (χ1n) is 10.00. The molecule has 2 atom stereocenters. The molecule has 28 heavy (non-hydrogen) atoms. The average Bonchev–Trinajstić information content (AvgIpc) is 3.50. The molecule has 2 fully saturated rings. The van der Waals surface area contributed by atoms with Gasteiger partial charge in [0.2, 0.25) is 11.8 Å². The van der Waals surface area contributed by atoms with Gasteiger partial charge in [-0.3, -0.25) is 9.59 Å². The Morgan fingerprint density at radius 1 is 0.929 bits per heavy atom. The summed E-state index contributed by atoms with van der Waals surface area (Å²) in [6.45, 7) is 7.17. The highest BCUT2D eigenvalue weighted by Gasteiger charge is 2.49. The number of carbonyl (C=O) groups excluding carboxylic acids is 2. The monoisotopic (exact) mass is 377 g/mol. The topological polar surface area (TPSA) is 52.7 Å². The number of nitrogens with one attached hydrogen (secondary N) is 1. The molecule has 0 spiro atoms. The molecule has 0 aromatic heterocycles. The lowest BCUT2D eigenvalue weighted by Gasteiger charge is -2.36. The highest BCUT2D eigenvalue weighted by atomic mass is 16.2. The Kier molecular flexibility index (Phi) is 5.07. The van der Waals surface area contributed by atoms with E-state index < -0.39 is 0 Å². The molecular formula is C23H27N3O2. The zero-order chi connectivity index (χ0) is 19.7. The molecule has 2 amide bonds. The van der Waals surface area contributed by atoms with E-state index in [9.17, 15) is 9.59 Å². The van der Waals surface area contributed by atoms with Gasteiger partial charge in [-0.05, 0) is 49.6 Å². The zero-order valence-electron chi connectivity index (χ0n) is 16.5. The van der Waals surface area contributed by atoms with Crippen LogP contribution in [0, 0.1) is 25.7 Å². The van der Waals surface area contributed by atoms with Gasteiger partial charge in [-0.15, -0.1) is 0 Å². The standard InChI is InChI=1S/C23H27N3O2/c1-16-6-5-8-18(14-16)25-10-12-26(13-11-25)23(28)20-15-19(20)22(27)24-21-9-4-3-7-17(21)2/h3-9,14,19-20H,10-13,15H2,1-2H3,(H,24,27). The van der Waals surface area contributed by atoms with Gasteiger partial charge in [0.05, 0.1) is 11.8 Å². The van der Waals surface area contributed by atoms with Crippen LogP contribution in [0.25, 0.3) is 0 Å². The van der Waals surface area contributed by atoms with Crippen LogP contribution in [0.1, 0.15) is 17.5 Å². The van der Waals surface area contributed by atoms with Crippen LogP contribution in [-0.4, -0.2) is 42.9 Å². The van der Waals surface area contributed by atoms with Gasteiger partial charge in [0.25, 0.3) is 0 Å². The van der Waals surface area contributed by atoms with E-state index in [1.54, 1.807) is 0 Å². The maximum absolute atomic E-state index is 12.8. The van der Waals surface area contributed by atoms with E-state index in [0.717, 1.165) is 37.4 Å². The van der Waals surface area contributed by atoms with Crippen LogP contribution in [0.4, 0.5) is 11.4 Å². The summed E-state index contributed by atoms with van der Waals surface area (Å²) in [6.07, 6.45) is 0.661. The average molecular weight is 377 g/mol. The Balaban J connectivity index is 1.29. The molecule has 1 saturated carbocycles. The van der Waals surface area contributed by atoms with E-state index in [1.807, 2.05) is 36.1 Å². The quantitative estimate of drug-likeness (QED) is 0.890. The molecule has 2 aliphatic rings. The molecule has 1 N–H and O–H groups in total. The van der Waals surface area contributed by atoms with Gasteiger partial charge in [-0.25, -0.2) is 0 Å². The number of nitrogens with zero attached hydrogens (tertiary/aromatic N) is 2. The Labute approximate surface area is 166 Å². The Hall–Kier alpha value is -2.82. The van der Waals surface area contributed by atoms with Crippen LogP contribution in [0.5, 0.6) is 0 Å². The van der Waals surface area contributed by atoms with Crippen LogP contribution in [0.3, 0.4) is 0 Å². The minimum Gasteiger partial charge on any atom is -0.368 e. The second kappa shape index (κ2) is 7.66. The summed E-state index contributed by atoms with van der Waals surface area (Å²) in [6, 6.07) is 16.2. The smallest absolute Gasteiger partial charge is 0.228 e. The van der Waals surface area contributed by atoms with Crippen molar-refractivity contribution in [2.75, 3.05) is 36.4 Å². The molecule has 1 heterocycles. The third-order valence-electron chi connectivity index (χ3n) is 5.81. The molecule has 2 unspecified atom stereocenters.